The summed E-state index contributed by atoms with van der Waals surface area (Å²) < 4.78 is 10.4. The van der Waals surface area contributed by atoms with Gasteiger partial charge >= 0.3 is 11.9 Å². The molecule has 1 amide bonds. The van der Waals surface area contributed by atoms with Crippen LogP contribution in [0.2, 0.25) is 0 Å². The number of hydrogen-bond acceptors (Lipinski definition) is 5. The quantitative estimate of drug-likeness (QED) is 0.0660. The predicted molar refractivity (Wildman–Crippen MR) is 159 cm³/mol. The third-order valence-electron chi connectivity index (χ3n) is 6.16. The molecule has 0 fully saturated rings. The normalized spacial score (nSPS) is 10.7. The number of unbranched alkanes of at least 4 members (excludes halogenated alkanes) is 11. The third kappa shape index (κ3) is 27.2. The lowest BCUT2D eigenvalue weighted by Crippen LogP contribution is -2.37. The molecule has 0 saturated carbocycles. The van der Waals surface area contributed by atoms with Crippen LogP contribution in [0.4, 0.5) is 0 Å². The highest BCUT2D eigenvalue weighted by molar-refractivity contribution is 5.76. The molecule has 0 saturated heterocycles. The van der Waals surface area contributed by atoms with Crippen molar-refractivity contribution in [3.63, 3.8) is 0 Å². The summed E-state index contributed by atoms with van der Waals surface area (Å²) in [5.41, 5.74) is 0. The molecule has 0 aliphatic rings. The van der Waals surface area contributed by atoms with Crippen LogP contribution in [0.25, 0.3) is 0 Å². The molecule has 224 valence electrons. The fourth-order valence-electron chi connectivity index (χ4n) is 3.96. The number of carbonyl (C=O) groups is 3. The van der Waals surface area contributed by atoms with Gasteiger partial charge in [-0.15, -0.1) is 0 Å². The first-order valence-electron chi connectivity index (χ1n) is 15.8. The maximum absolute atomic E-state index is 12.7. The van der Waals surface area contributed by atoms with Crippen LogP contribution >= 0.6 is 0 Å². The molecule has 0 unspecified atom stereocenters. The van der Waals surface area contributed by atoms with Crippen LogP contribution in [0, 0.1) is 0 Å². The van der Waals surface area contributed by atoms with Crippen LogP contribution in [0.5, 0.6) is 0 Å². The average molecular weight is 540 g/mol. The summed E-state index contributed by atoms with van der Waals surface area (Å²) in [4.78, 5) is 37.6. The SMILES string of the molecule is CC.CCCCCCCC/C=C\CCCCCCCC(=O)N(CCOC(=O)CCC)CCOC(=O)CCC. The van der Waals surface area contributed by atoms with Crippen LogP contribution in [-0.4, -0.2) is 49.0 Å². The van der Waals surface area contributed by atoms with Gasteiger partial charge in [-0.2, -0.15) is 0 Å². The lowest BCUT2D eigenvalue weighted by molar-refractivity contribution is -0.147. The van der Waals surface area contributed by atoms with Gasteiger partial charge in [0.05, 0.1) is 13.1 Å². The van der Waals surface area contributed by atoms with Crippen LogP contribution in [0.1, 0.15) is 150 Å². The molecule has 38 heavy (non-hydrogen) atoms. The Bertz CT molecular complexity index is 552. The molecule has 0 atom stereocenters. The van der Waals surface area contributed by atoms with E-state index in [1.807, 2.05) is 27.7 Å². The van der Waals surface area contributed by atoms with E-state index in [0.717, 1.165) is 38.5 Å². The van der Waals surface area contributed by atoms with Crippen molar-refractivity contribution in [2.24, 2.45) is 0 Å². The number of amides is 1. The molecule has 6 nitrogen and oxygen atoms in total. The van der Waals surface area contributed by atoms with Gasteiger partial charge in [-0.3, -0.25) is 14.4 Å². The van der Waals surface area contributed by atoms with Gasteiger partial charge in [0.2, 0.25) is 5.91 Å². The zero-order chi connectivity index (χ0) is 28.7. The lowest BCUT2D eigenvalue weighted by atomic mass is 10.1. The first kappa shape index (κ1) is 38.3. The summed E-state index contributed by atoms with van der Waals surface area (Å²) in [6.45, 7) is 11.1. The molecule has 0 aliphatic heterocycles. The second-order valence-corrected chi connectivity index (χ2v) is 9.66. The fourth-order valence-corrected chi connectivity index (χ4v) is 3.96. The Kier molecular flexibility index (Phi) is 31.6. The average Bonchev–Trinajstić information content (AvgIpc) is 2.91. The number of carbonyl (C=O) groups excluding carboxylic acids is 3. The summed E-state index contributed by atoms with van der Waals surface area (Å²) in [6, 6.07) is 0. The third-order valence-corrected chi connectivity index (χ3v) is 6.16. The minimum atomic E-state index is -0.239. The van der Waals surface area contributed by atoms with E-state index in [9.17, 15) is 14.4 Å². The molecular weight excluding hydrogens is 478 g/mol. The summed E-state index contributed by atoms with van der Waals surface area (Å²) >= 11 is 0. The number of esters is 2. The van der Waals surface area contributed by atoms with Crippen LogP contribution in [-0.2, 0) is 23.9 Å². The highest BCUT2D eigenvalue weighted by atomic mass is 16.5. The minimum absolute atomic E-state index is 0.0331. The molecule has 0 aliphatic carbocycles. The highest BCUT2D eigenvalue weighted by Crippen LogP contribution is 2.11. The Morgan fingerprint density at radius 2 is 0.974 bits per heavy atom. The fraction of sp³-hybridized carbons (Fsp3) is 0.844. The van der Waals surface area contributed by atoms with Gasteiger partial charge in [0.1, 0.15) is 13.2 Å². The van der Waals surface area contributed by atoms with E-state index >= 15 is 0 Å². The Balaban J connectivity index is 0. The molecule has 0 spiro atoms. The second kappa shape index (κ2) is 31.4. The van der Waals surface area contributed by atoms with Crippen molar-refractivity contribution >= 4 is 17.8 Å². The molecule has 0 radical (unpaired) electrons. The first-order valence-corrected chi connectivity index (χ1v) is 15.8. The topological polar surface area (TPSA) is 72.9 Å². The Hall–Kier alpha value is -1.85. The van der Waals surface area contributed by atoms with Crippen molar-refractivity contribution < 1.29 is 23.9 Å². The van der Waals surface area contributed by atoms with E-state index in [1.54, 1.807) is 4.90 Å². The first-order chi connectivity index (χ1) is 18.5. The molecule has 6 heteroatoms. The van der Waals surface area contributed by atoms with Crippen molar-refractivity contribution in [3.05, 3.63) is 12.2 Å². The standard InChI is InChI=1S/C30H55NO5.C2H6/c1-4-7-8-9-10-11-12-13-14-15-16-17-18-19-20-23-28(32)31(24-26-35-29(33)21-5-2)25-27-36-30(34)22-6-3;1-2/h13-14H,4-12,15-27H2,1-3H3;1-2H3/b14-13-;. The molecule has 0 rings (SSSR count). The highest BCUT2D eigenvalue weighted by Gasteiger charge is 2.15. The number of rotatable bonds is 25. The van der Waals surface area contributed by atoms with Gasteiger partial charge in [-0.05, 0) is 44.9 Å². The van der Waals surface area contributed by atoms with Crippen LogP contribution < -0.4 is 0 Å². The molecule has 0 bridgehead atoms. The smallest absolute Gasteiger partial charge is 0.305 e. The summed E-state index contributed by atoms with van der Waals surface area (Å²) in [7, 11) is 0. The zero-order valence-electron chi connectivity index (χ0n) is 25.7. The van der Waals surface area contributed by atoms with Crippen molar-refractivity contribution in [2.75, 3.05) is 26.3 Å². The second-order valence-electron chi connectivity index (χ2n) is 9.66. The van der Waals surface area contributed by atoms with Crippen LogP contribution in [0.15, 0.2) is 12.2 Å². The van der Waals surface area contributed by atoms with Gasteiger partial charge in [0, 0.05) is 19.3 Å². The van der Waals surface area contributed by atoms with Gasteiger partial charge in [-0.25, -0.2) is 0 Å². The van der Waals surface area contributed by atoms with E-state index in [1.165, 1.54) is 57.8 Å². The maximum Gasteiger partial charge on any atom is 0.305 e. The molecular formula is C32H61NO5. The zero-order valence-corrected chi connectivity index (χ0v) is 25.7. The maximum atomic E-state index is 12.7. The Morgan fingerprint density at radius 3 is 1.42 bits per heavy atom. The Labute approximate surface area is 235 Å². The number of ether oxygens (including phenoxy) is 2. The lowest BCUT2D eigenvalue weighted by Gasteiger charge is -2.22. The van der Waals surface area contributed by atoms with Gasteiger partial charge in [0.15, 0.2) is 0 Å². The van der Waals surface area contributed by atoms with Crippen molar-refractivity contribution in [2.45, 2.75) is 150 Å². The predicted octanol–water partition coefficient (Wildman–Crippen LogP) is 8.57. The molecule has 0 aromatic carbocycles. The van der Waals surface area contributed by atoms with E-state index in [-0.39, 0.29) is 31.1 Å². The van der Waals surface area contributed by atoms with Gasteiger partial charge < -0.3 is 14.4 Å². The van der Waals surface area contributed by atoms with E-state index in [2.05, 4.69) is 19.1 Å². The van der Waals surface area contributed by atoms with Gasteiger partial charge in [-0.1, -0.05) is 98.1 Å². The van der Waals surface area contributed by atoms with E-state index in [4.69, 9.17) is 9.47 Å². The van der Waals surface area contributed by atoms with E-state index < -0.39 is 0 Å². The number of allylic oxidation sites excluding steroid dienone is 2. The monoisotopic (exact) mass is 539 g/mol. The molecule has 0 aromatic rings. The van der Waals surface area contributed by atoms with E-state index in [0.29, 0.717) is 32.4 Å². The minimum Gasteiger partial charge on any atom is -0.464 e. The van der Waals surface area contributed by atoms with Crippen LogP contribution in [0.3, 0.4) is 0 Å². The summed E-state index contributed by atoms with van der Waals surface area (Å²) in [5.74, 6) is -0.446. The molecule has 0 aromatic heterocycles. The van der Waals surface area contributed by atoms with Gasteiger partial charge in [0.25, 0.3) is 0 Å². The summed E-state index contributed by atoms with van der Waals surface area (Å²) in [5, 5.41) is 0. The van der Waals surface area contributed by atoms with Crippen molar-refractivity contribution in [1.29, 1.82) is 0 Å². The number of nitrogens with zero attached hydrogens (tertiary/aromatic N) is 1. The largest absolute Gasteiger partial charge is 0.464 e. The van der Waals surface area contributed by atoms with Crippen molar-refractivity contribution in [3.8, 4) is 0 Å². The summed E-state index contributed by atoms with van der Waals surface area (Å²) in [6.07, 6.45) is 23.3. The van der Waals surface area contributed by atoms with Crippen molar-refractivity contribution in [1.82, 2.24) is 4.90 Å². The number of hydrogen-bond donors (Lipinski definition) is 0. The Morgan fingerprint density at radius 1 is 0.553 bits per heavy atom. The molecule has 0 heterocycles. The molecule has 0 N–H and O–H groups in total.